The van der Waals surface area contributed by atoms with E-state index in [4.69, 9.17) is 11.5 Å². The second-order valence-corrected chi connectivity index (χ2v) is 3.72. The molecule has 0 amide bonds. The van der Waals surface area contributed by atoms with Gasteiger partial charge in [0.2, 0.25) is 0 Å². The van der Waals surface area contributed by atoms with Crippen molar-refractivity contribution in [2.24, 2.45) is 0 Å². The molecule has 0 heterocycles. The van der Waals surface area contributed by atoms with Crippen molar-refractivity contribution in [3.63, 3.8) is 0 Å². The molecule has 0 aliphatic carbocycles. The van der Waals surface area contributed by atoms with Crippen LogP contribution in [0.25, 0.3) is 0 Å². The predicted octanol–water partition coefficient (Wildman–Crippen LogP) is 2.12. The predicted molar refractivity (Wildman–Crippen MR) is 66.6 cm³/mol. The first-order valence-corrected chi connectivity index (χ1v) is 5.18. The lowest BCUT2D eigenvalue weighted by atomic mass is 10.1. The number of carboxylic acid groups (broad SMARTS) is 1. The third-order valence-electron chi connectivity index (χ3n) is 2.28. The largest absolute Gasteiger partial charge is 0.478 e. The number of hydrogen-bond donors (Lipinski definition) is 2. The fourth-order valence-electron chi connectivity index (χ4n) is 1.50. The Morgan fingerprint density at radius 3 is 2.83 bits per heavy atom. The third kappa shape index (κ3) is 2.98. The molecule has 94 valence electrons. The van der Waals surface area contributed by atoms with E-state index in [-0.39, 0.29) is 23.0 Å². The Morgan fingerprint density at radius 1 is 1.67 bits per heavy atom. The van der Waals surface area contributed by atoms with E-state index in [2.05, 4.69) is 11.2 Å². The fourth-order valence-corrected chi connectivity index (χ4v) is 1.50. The molecule has 0 fully saturated rings. The van der Waals surface area contributed by atoms with Crippen LogP contribution in [-0.2, 0) is 0 Å². The standard InChI is InChI=1S/C12H12N2O4/c1-3-5-8(2)13-11-9(12(15)16)6-4-7-10(11)14(17)18/h1,4,6-8,13H,5H2,2H3,(H,15,16). The number of benzene rings is 1. The van der Waals surface area contributed by atoms with Crippen LogP contribution in [0, 0.1) is 22.5 Å². The minimum Gasteiger partial charge on any atom is -0.478 e. The zero-order valence-electron chi connectivity index (χ0n) is 9.71. The number of carboxylic acids is 1. The maximum absolute atomic E-state index is 11.0. The average molecular weight is 248 g/mol. The quantitative estimate of drug-likeness (QED) is 0.473. The summed E-state index contributed by atoms with van der Waals surface area (Å²) in [5.41, 5.74) is -0.440. The van der Waals surface area contributed by atoms with Gasteiger partial charge in [-0.15, -0.1) is 12.3 Å². The van der Waals surface area contributed by atoms with E-state index in [9.17, 15) is 14.9 Å². The molecule has 1 unspecified atom stereocenters. The Hall–Kier alpha value is -2.55. The highest BCUT2D eigenvalue weighted by atomic mass is 16.6. The molecule has 0 aliphatic heterocycles. The van der Waals surface area contributed by atoms with E-state index in [1.807, 2.05) is 0 Å². The molecule has 0 saturated heterocycles. The molecular formula is C12H12N2O4. The summed E-state index contributed by atoms with van der Waals surface area (Å²) in [5.74, 6) is 1.18. The van der Waals surface area contributed by atoms with Crippen molar-refractivity contribution in [2.75, 3.05) is 5.32 Å². The third-order valence-corrected chi connectivity index (χ3v) is 2.28. The Bertz CT molecular complexity index is 487. The van der Waals surface area contributed by atoms with Crippen molar-refractivity contribution in [2.45, 2.75) is 19.4 Å². The molecule has 6 nitrogen and oxygen atoms in total. The molecule has 1 aromatic carbocycles. The molecule has 0 aromatic heterocycles. The van der Waals surface area contributed by atoms with Crippen molar-refractivity contribution < 1.29 is 14.8 Å². The molecule has 1 aromatic rings. The summed E-state index contributed by atoms with van der Waals surface area (Å²) in [6, 6.07) is 3.63. The lowest BCUT2D eigenvalue weighted by molar-refractivity contribution is -0.384. The van der Waals surface area contributed by atoms with Crippen molar-refractivity contribution in [3.8, 4) is 12.3 Å². The van der Waals surface area contributed by atoms with Crippen molar-refractivity contribution in [1.29, 1.82) is 0 Å². The zero-order valence-corrected chi connectivity index (χ0v) is 9.71. The van der Waals surface area contributed by atoms with Gasteiger partial charge in [-0.3, -0.25) is 10.1 Å². The van der Waals surface area contributed by atoms with Gasteiger partial charge in [0, 0.05) is 18.5 Å². The lowest BCUT2D eigenvalue weighted by Crippen LogP contribution is -2.18. The molecule has 0 bridgehead atoms. The number of nitro benzene ring substituents is 1. The molecular weight excluding hydrogens is 236 g/mol. The van der Waals surface area contributed by atoms with Gasteiger partial charge in [0.1, 0.15) is 5.69 Å². The molecule has 6 heteroatoms. The van der Waals surface area contributed by atoms with E-state index in [0.29, 0.717) is 6.42 Å². The molecule has 0 saturated carbocycles. The number of nitrogens with zero attached hydrogens (tertiary/aromatic N) is 1. The van der Waals surface area contributed by atoms with Crippen LogP contribution in [0.4, 0.5) is 11.4 Å². The number of nitro groups is 1. The summed E-state index contributed by atoms with van der Waals surface area (Å²) in [6.45, 7) is 1.72. The molecule has 0 radical (unpaired) electrons. The van der Waals surface area contributed by atoms with Gasteiger partial charge in [-0.2, -0.15) is 0 Å². The van der Waals surface area contributed by atoms with Gasteiger partial charge >= 0.3 is 5.97 Å². The van der Waals surface area contributed by atoms with Crippen molar-refractivity contribution in [1.82, 2.24) is 0 Å². The van der Waals surface area contributed by atoms with Gasteiger partial charge in [0.25, 0.3) is 5.69 Å². The van der Waals surface area contributed by atoms with E-state index in [1.54, 1.807) is 6.92 Å². The highest BCUT2D eigenvalue weighted by molar-refractivity contribution is 5.96. The smallest absolute Gasteiger partial charge is 0.338 e. The van der Waals surface area contributed by atoms with Crippen LogP contribution in [0.1, 0.15) is 23.7 Å². The number of rotatable bonds is 5. The van der Waals surface area contributed by atoms with Gasteiger partial charge in [0.15, 0.2) is 0 Å². The topological polar surface area (TPSA) is 92.5 Å². The summed E-state index contributed by atoms with van der Waals surface area (Å²) in [4.78, 5) is 21.3. The Labute approximate surface area is 104 Å². The van der Waals surface area contributed by atoms with E-state index >= 15 is 0 Å². The lowest BCUT2D eigenvalue weighted by Gasteiger charge is -2.14. The molecule has 1 rings (SSSR count). The van der Waals surface area contributed by atoms with Crippen LogP contribution in [0.2, 0.25) is 0 Å². The van der Waals surface area contributed by atoms with E-state index in [0.717, 1.165) is 0 Å². The number of hydrogen-bond acceptors (Lipinski definition) is 4. The molecule has 0 spiro atoms. The van der Waals surface area contributed by atoms with Crippen LogP contribution in [-0.4, -0.2) is 22.0 Å². The fraction of sp³-hybridized carbons (Fsp3) is 0.250. The minimum absolute atomic E-state index is 0.0160. The van der Waals surface area contributed by atoms with Crippen LogP contribution in [0.3, 0.4) is 0 Å². The summed E-state index contributed by atoms with van der Waals surface area (Å²) in [7, 11) is 0. The zero-order chi connectivity index (χ0) is 13.7. The number of carbonyl (C=O) groups is 1. The van der Waals surface area contributed by atoms with E-state index < -0.39 is 10.9 Å². The minimum atomic E-state index is -1.23. The van der Waals surface area contributed by atoms with Crippen LogP contribution >= 0.6 is 0 Å². The van der Waals surface area contributed by atoms with Gasteiger partial charge in [-0.05, 0) is 13.0 Å². The second kappa shape index (κ2) is 5.68. The first-order chi connectivity index (χ1) is 8.47. The number of aromatic carboxylic acids is 1. The Morgan fingerprint density at radius 2 is 2.33 bits per heavy atom. The first kappa shape index (κ1) is 13.5. The van der Waals surface area contributed by atoms with Crippen molar-refractivity contribution in [3.05, 3.63) is 33.9 Å². The number of nitrogens with one attached hydrogen (secondary N) is 1. The maximum Gasteiger partial charge on any atom is 0.338 e. The molecule has 0 aliphatic rings. The number of anilines is 1. The maximum atomic E-state index is 11.0. The van der Waals surface area contributed by atoms with E-state index in [1.165, 1.54) is 18.2 Å². The second-order valence-electron chi connectivity index (χ2n) is 3.72. The van der Waals surface area contributed by atoms with Gasteiger partial charge in [-0.25, -0.2) is 4.79 Å². The van der Waals surface area contributed by atoms with Crippen LogP contribution in [0.5, 0.6) is 0 Å². The summed E-state index contributed by atoms with van der Waals surface area (Å²) < 4.78 is 0. The van der Waals surface area contributed by atoms with Gasteiger partial charge < -0.3 is 10.4 Å². The molecule has 18 heavy (non-hydrogen) atoms. The number of terminal acetylenes is 1. The SMILES string of the molecule is C#CCC(C)Nc1c(C(=O)O)cccc1[N+](=O)[O-]. The first-order valence-electron chi connectivity index (χ1n) is 5.18. The van der Waals surface area contributed by atoms with Crippen molar-refractivity contribution >= 4 is 17.3 Å². The normalized spacial score (nSPS) is 11.3. The monoisotopic (exact) mass is 248 g/mol. The Balaban J connectivity index is 3.23. The van der Waals surface area contributed by atoms with Gasteiger partial charge in [0.05, 0.1) is 10.5 Å². The van der Waals surface area contributed by atoms with Crippen LogP contribution in [0.15, 0.2) is 18.2 Å². The summed E-state index contributed by atoms with van der Waals surface area (Å²) in [6.07, 6.45) is 5.48. The highest BCUT2D eigenvalue weighted by Crippen LogP contribution is 2.29. The number of para-hydroxylation sites is 1. The average Bonchev–Trinajstić information content (AvgIpc) is 2.28. The van der Waals surface area contributed by atoms with Gasteiger partial charge in [-0.1, -0.05) is 6.07 Å². The highest BCUT2D eigenvalue weighted by Gasteiger charge is 2.22. The molecule has 2 N–H and O–H groups in total. The summed E-state index contributed by atoms with van der Waals surface area (Å²) in [5, 5.41) is 22.7. The molecule has 1 atom stereocenters. The summed E-state index contributed by atoms with van der Waals surface area (Å²) >= 11 is 0. The van der Waals surface area contributed by atoms with Crippen LogP contribution < -0.4 is 5.32 Å². The Kier molecular flexibility index (Phi) is 4.27.